The predicted molar refractivity (Wildman–Crippen MR) is 195 cm³/mol. The first-order chi connectivity index (χ1) is 23.2. The lowest BCUT2D eigenvalue weighted by Crippen LogP contribution is -2.55. The summed E-state index contributed by atoms with van der Waals surface area (Å²) in [6.07, 6.45) is 2.88. The SMILES string of the molecule is [C-]#[N+]c1c(C(=O)OC2(C)C(CC(C)C)CC(C)CC2C(C)(C)C)c2nc(-c3ccc4ccccc4c3OC)[nH]n2c1Oc1ccc(C)cc1. The zero-order valence-corrected chi connectivity index (χ0v) is 30.2. The van der Waals surface area contributed by atoms with Gasteiger partial charge in [-0.2, -0.15) is 0 Å². The monoisotopic (exact) mass is 660 g/mol. The van der Waals surface area contributed by atoms with Gasteiger partial charge in [0.05, 0.1) is 19.2 Å². The van der Waals surface area contributed by atoms with E-state index in [2.05, 4.69) is 58.4 Å². The van der Waals surface area contributed by atoms with Gasteiger partial charge in [0.2, 0.25) is 5.88 Å². The van der Waals surface area contributed by atoms with Crippen molar-refractivity contribution >= 4 is 28.1 Å². The van der Waals surface area contributed by atoms with E-state index >= 15 is 0 Å². The first-order valence-electron chi connectivity index (χ1n) is 17.3. The number of aromatic amines is 1. The molecule has 4 atom stereocenters. The number of ether oxygens (including phenoxy) is 3. The largest absolute Gasteiger partial charge is 0.495 e. The molecule has 0 bridgehead atoms. The number of nitrogens with zero attached hydrogens (tertiary/aromatic N) is 3. The first-order valence-corrected chi connectivity index (χ1v) is 17.3. The van der Waals surface area contributed by atoms with E-state index in [-0.39, 0.29) is 40.0 Å². The van der Waals surface area contributed by atoms with Gasteiger partial charge in [-0.05, 0) is 79.9 Å². The molecule has 2 heterocycles. The van der Waals surface area contributed by atoms with E-state index in [1.807, 2.05) is 67.6 Å². The van der Waals surface area contributed by atoms with Crippen molar-refractivity contribution in [2.75, 3.05) is 7.11 Å². The third-order valence-electron chi connectivity index (χ3n) is 10.3. The number of hydrogen-bond donors (Lipinski definition) is 1. The Bertz CT molecular complexity index is 2040. The van der Waals surface area contributed by atoms with Crippen molar-refractivity contribution in [2.45, 2.75) is 80.3 Å². The van der Waals surface area contributed by atoms with Crippen LogP contribution in [0.2, 0.25) is 0 Å². The van der Waals surface area contributed by atoms with Crippen LogP contribution in [-0.2, 0) is 4.74 Å². The number of aryl methyl sites for hydroxylation is 1. The Kier molecular flexibility index (Phi) is 9.00. The number of hydrogen-bond acceptors (Lipinski definition) is 5. The molecule has 1 saturated carbocycles. The van der Waals surface area contributed by atoms with Gasteiger partial charge in [-0.3, -0.25) is 5.10 Å². The van der Waals surface area contributed by atoms with E-state index in [0.717, 1.165) is 35.6 Å². The van der Waals surface area contributed by atoms with Crippen molar-refractivity contribution in [1.82, 2.24) is 14.6 Å². The summed E-state index contributed by atoms with van der Waals surface area (Å²) in [5, 5.41) is 5.30. The minimum atomic E-state index is -0.752. The minimum Gasteiger partial charge on any atom is -0.495 e. The second kappa shape index (κ2) is 12.9. The summed E-state index contributed by atoms with van der Waals surface area (Å²) in [6, 6.07) is 19.5. The molecule has 1 fully saturated rings. The lowest BCUT2D eigenvalue weighted by molar-refractivity contribution is -0.139. The molecule has 4 unspecified atom stereocenters. The van der Waals surface area contributed by atoms with Crippen LogP contribution in [0.3, 0.4) is 0 Å². The van der Waals surface area contributed by atoms with Gasteiger partial charge in [0.1, 0.15) is 22.7 Å². The summed E-state index contributed by atoms with van der Waals surface area (Å²) in [6.45, 7) is 25.9. The smallest absolute Gasteiger partial charge is 0.332 e. The van der Waals surface area contributed by atoms with Crippen molar-refractivity contribution in [3.8, 4) is 28.8 Å². The van der Waals surface area contributed by atoms with Gasteiger partial charge >= 0.3 is 5.97 Å². The molecule has 6 rings (SSSR count). The second-order valence-electron chi connectivity index (χ2n) is 15.5. The van der Waals surface area contributed by atoms with Gasteiger partial charge < -0.3 is 14.2 Å². The lowest BCUT2D eigenvalue weighted by Gasteiger charge is -2.53. The summed E-state index contributed by atoms with van der Waals surface area (Å²) in [7, 11) is 1.64. The summed E-state index contributed by atoms with van der Waals surface area (Å²) in [5.41, 5.74) is 1.35. The molecule has 1 aliphatic carbocycles. The molecule has 0 saturated heterocycles. The molecule has 8 heteroatoms. The van der Waals surface area contributed by atoms with E-state index in [0.29, 0.717) is 34.7 Å². The van der Waals surface area contributed by atoms with E-state index in [9.17, 15) is 4.79 Å². The van der Waals surface area contributed by atoms with Crippen LogP contribution in [0.15, 0.2) is 60.7 Å². The number of aromatic nitrogens is 3. The molecule has 1 aliphatic rings. The zero-order valence-electron chi connectivity index (χ0n) is 30.2. The van der Waals surface area contributed by atoms with Crippen molar-refractivity contribution < 1.29 is 19.0 Å². The average Bonchev–Trinajstić information content (AvgIpc) is 3.59. The van der Waals surface area contributed by atoms with Crippen molar-refractivity contribution in [1.29, 1.82) is 0 Å². The van der Waals surface area contributed by atoms with E-state index in [4.69, 9.17) is 25.8 Å². The van der Waals surface area contributed by atoms with E-state index < -0.39 is 11.6 Å². The minimum absolute atomic E-state index is 0.0573. The Morgan fingerprint density at radius 3 is 2.47 bits per heavy atom. The van der Waals surface area contributed by atoms with Crippen LogP contribution in [0, 0.1) is 42.6 Å². The first kappa shape index (κ1) is 34.1. The van der Waals surface area contributed by atoms with E-state index in [1.165, 1.54) is 0 Å². The maximum absolute atomic E-state index is 14.7. The highest BCUT2D eigenvalue weighted by Gasteiger charge is 2.53. The number of benzene rings is 3. The normalized spacial score (nSPS) is 21.2. The number of H-pyrrole nitrogens is 1. The van der Waals surface area contributed by atoms with Crippen LogP contribution in [0.4, 0.5) is 5.69 Å². The highest BCUT2D eigenvalue weighted by atomic mass is 16.6. The second-order valence-corrected chi connectivity index (χ2v) is 15.5. The highest BCUT2D eigenvalue weighted by molar-refractivity contribution is 6.05. The van der Waals surface area contributed by atoms with Gasteiger partial charge in [-0.25, -0.2) is 19.1 Å². The number of rotatable bonds is 8. The number of fused-ring (bicyclic) bond motifs is 2. The summed E-state index contributed by atoms with van der Waals surface area (Å²) >= 11 is 0. The fourth-order valence-electron chi connectivity index (χ4n) is 8.10. The molecule has 0 aliphatic heterocycles. The van der Waals surface area contributed by atoms with Crippen molar-refractivity contribution in [3.05, 3.63) is 83.2 Å². The Labute approximate surface area is 289 Å². The summed E-state index contributed by atoms with van der Waals surface area (Å²) < 4.78 is 20.7. The topological polar surface area (TPSA) is 82.2 Å². The van der Waals surface area contributed by atoms with Crippen LogP contribution in [0.25, 0.3) is 32.7 Å². The standard InChI is InChI=1S/C41H48N4O4/c1-24(2)21-28-22-26(4)23-32(40(5,6)7)41(28,8)49-39(46)33-34(42-9)38(48-29-18-15-25(3)16-19-29)45-37(33)43-36(44-45)31-20-17-27-13-11-12-14-30(27)35(31)47-10/h11-20,24,26,28,32H,21-23H2,1-8,10H3,(H,43,44). The number of nitrogens with one attached hydrogen (secondary N) is 1. The molecular formula is C41H48N4O4. The maximum Gasteiger partial charge on any atom is 0.332 e. The maximum atomic E-state index is 14.7. The lowest BCUT2D eigenvalue weighted by atomic mass is 9.56. The number of esters is 1. The van der Waals surface area contributed by atoms with Crippen molar-refractivity contribution in [3.63, 3.8) is 0 Å². The van der Waals surface area contributed by atoms with Gasteiger partial charge in [0.15, 0.2) is 11.5 Å². The molecule has 0 radical (unpaired) electrons. The molecule has 0 spiro atoms. The average molecular weight is 661 g/mol. The Hall–Kier alpha value is -4.77. The van der Waals surface area contributed by atoms with Crippen LogP contribution in [0.5, 0.6) is 17.4 Å². The molecule has 49 heavy (non-hydrogen) atoms. The fraction of sp³-hybridized carbons (Fsp3) is 0.439. The predicted octanol–water partition coefficient (Wildman–Crippen LogP) is 10.8. The summed E-state index contributed by atoms with van der Waals surface area (Å²) in [4.78, 5) is 23.6. The number of methoxy groups -OCH3 is 1. The Morgan fingerprint density at radius 2 is 1.82 bits per heavy atom. The van der Waals surface area contributed by atoms with Crippen LogP contribution >= 0.6 is 0 Å². The highest BCUT2D eigenvalue weighted by Crippen LogP contribution is 2.53. The van der Waals surface area contributed by atoms with Crippen LogP contribution < -0.4 is 9.47 Å². The van der Waals surface area contributed by atoms with Crippen molar-refractivity contribution in [2.24, 2.45) is 29.1 Å². The van der Waals surface area contributed by atoms with E-state index in [1.54, 1.807) is 11.6 Å². The van der Waals surface area contributed by atoms with Crippen LogP contribution in [-0.4, -0.2) is 33.3 Å². The third-order valence-corrected chi connectivity index (χ3v) is 10.3. The van der Waals surface area contributed by atoms with Gasteiger partial charge in [-0.1, -0.05) is 89.6 Å². The summed E-state index contributed by atoms with van der Waals surface area (Å²) in [5.74, 6) is 2.50. The van der Waals surface area contributed by atoms with Gasteiger partial charge in [0.25, 0.3) is 5.69 Å². The molecule has 0 amide bonds. The number of carbonyl (C=O) groups is 1. The number of carbonyl (C=O) groups excluding carboxylic acids is 1. The van der Waals surface area contributed by atoms with Gasteiger partial charge in [-0.15, -0.1) is 0 Å². The third kappa shape index (κ3) is 6.27. The zero-order chi connectivity index (χ0) is 35.2. The molecule has 5 aromatic rings. The Balaban J connectivity index is 1.53. The quantitative estimate of drug-likeness (QED) is 0.132. The van der Waals surface area contributed by atoms with Crippen LogP contribution in [0.1, 0.15) is 83.7 Å². The molecular weight excluding hydrogens is 612 g/mol. The van der Waals surface area contributed by atoms with Gasteiger partial charge in [0, 0.05) is 11.3 Å². The molecule has 256 valence electrons. The molecule has 1 N–H and O–H groups in total. The fourth-order valence-corrected chi connectivity index (χ4v) is 8.10. The molecule has 3 aromatic carbocycles. The molecule has 8 nitrogen and oxygen atoms in total. The Morgan fingerprint density at radius 1 is 1.10 bits per heavy atom. The molecule has 2 aromatic heterocycles.